The molecule has 2 saturated carbocycles. The van der Waals surface area contributed by atoms with Gasteiger partial charge in [-0.1, -0.05) is 12.5 Å². The van der Waals surface area contributed by atoms with Gasteiger partial charge in [0.25, 0.3) is 0 Å². The largest absolute Gasteiger partial charge is 0.504 e. The maximum absolute atomic E-state index is 12.5. The Morgan fingerprint density at radius 3 is 2.91 bits per heavy atom. The molecule has 5 heteroatoms. The molecule has 1 aliphatic heterocycles. The van der Waals surface area contributed by atoms with Crippen LogP contribution >= 0.6 is 0 Å². The molecule has 5 nitrogen and oxygen atoms in total. The molecule has 22 heavy (non-hydrogen) atoms. The topological polar surface area (TPSA) is 87.0 Å². The van der Waals surface area contributed by atoms with Gasteiger partial charge in [-0.25, -0.2) is 0 Å². The van der Waals surface area contributed by atoms with Crippen LogP contribution in [0.3, 0.4) is 0 Å². The number of carbonyl (C=O) groups is 1. The van der Waals surface area contributed by atoms with E-state index in [1.165, 1.54) is 0 Å². The summed E-state index contributed by atoms with van der Waals surface area (Å²) in [5.41, 5.74) is -0.433. The van der Waals surface area contributed by atoms with Crippen molar-refractivity contribution in [3.8, 4) is 11.5 Å². The molecule has 1 heterocycles. The number of carbonyl (C=O) groups excluding carboxylic acids is 1. The Labute approximate surface area is 127 Å². The fraction of sp³-hybridized carbons (Fsp3) is 0.588. The van der Waals surface area contributed by atoms with Crippen molar-refractivity contribution in [2.45, 2.75) is 55.3 Å². The number of benzene rings is 1. The van der Waals surface area contributed by atoms with Gasteiger partial charge in [-0.15, -0.1) is 0 Å². The van der Waals surface area contributed by atoms with Gasteiger partial charge in [0.15, 0.2) is 23.4 Å². The molecule has 2 fully saturated rings. The number of rotatable bonds is 0. The number of phenolic OH excluding ortho intramolecular Hbond substituents is 1. The standard InChI is InChI=1S/C17H18O5/c18-10-4-3-8-6-9-2-1-5-16-13(8)14(10)22-15(16)11(19)7-12(20)17(9,16)21/h3-4,9,12,15,18,20-21H,1-2,5-7H2/t9-,12?,15?,16+,17+/m1/s1. The minimum Gasteiger partial charge on any atom is -0.504 e. The van der Waals surface area contributed by atoms with Crippen LogP contribution in [0.2, 0.25) is 0 Å². The lowest BCUT2D eigenvalue weighted by molar-refractivity contribution is -0.219. The Morgan fingerprint density at radius 2 is 2.09 bits per heavy atom. The summed E-state index contributed by atoms with van der Waals surface area (Å²) in [7, 11) is 0. The summed E-state index contributed by atoms with van der Waals surface area (Å²) in [4.78, 5) is 12.5. The number of hydrogen-bond donors (Lipinski definition) is 3. The molecule has 0 saturated heterocycles. The minimum absolute atomic E-state index is 0.0104. The summed E-state index contributed by atoms with van der Waals surface area (Å²) in [5, 5.41) is 32.3. The van der Waals surface area contributed by atoms with Crippen LogP contribution in [-0.4, -0.2) is 38.9 Å². The van der Waals surface area contributed by atoms with Crippen LogP contribution in [0.4, 0.5) is 0 Å². The summed E-state index contributed by atoms with van der Waals surface area (Å²) in [6, 6.07) is 3.47. The molecule has 1 spiro atoms. The molecule has 1 aromatic rings. The molecule has 2 bridgehead atoms. The predicted molar refractivity (Wildman–Crippen MR) is 75.8 cm³/mol. The number of ketones is 1. The molecule has 5 rings (SSSR count). The zero-order chi connectivity index (χ0) is 15.3. The monoisotopic (exact) mass is 302 g/mol. The highest BCUT2D eigenvalue weighted by atomic mass is 16.5. The van der Waals surface area contributed by atoms with Crippen molar-refractivity contribution in [3.63, 3.8) is 0 Å². The minimum atomic E-state index is -1.34. The molecule has 2 unspecified atom stereocenters. The Hall–Kier alpha value is -1.59. The lowest BCUT2D eigenvalue weighted by Gasteiger charge is -2.61. The van der Waals surface area contributed by atoms with Gasteiger partial charge < -0.3 is 20.1 Å². The number of aromatic hydroxyl groups is 1. The van der Waals surface area contributed by atoms with Gasteiger partial charge in [0, 0.05) is 12.0 Å². The van der Waals surface area contributed by atoms with E-state index in [2.05, 4.69) is 0 Å². The van der Waals surface area contributed by atoms with Crippen molar-refractivity contribution in [1.29, 1.82) is 0 Å². The number of ether oxygens (including phenoxy) is 1. The summed E-state index contributed by atoms with van der Waals surface area (Å²) in [5.74, 6) is 0.0969. The fourth-order valence-electron chi connectivity index (χ4n) is 5.70. The maximum atomic E-state index is 12.5. The molecular weight excluding hydrogens is 284 g/mol. The number of aliphatic hydroxyl groups is 2. The van der Waals surface area contributed by atoms with Crippen LogP contribution in [0.15, 0.2) is 12.1 Å². The summed E-state index contributed by atoms with van der Waals surface area (Å²) in [6.07, 6.45) is 1.06. The average molecular weight is 302 g/mol. The highest BCUT2D eigenvalue weighted by Crippen LogP contribution is 2.66. The first-order chi connectivity index (χ1) is 10.5. The van der Waals surface area contributed by atoms with E-state index >= 15 is 0 Å². The van der Waals surface area contributed by atoms with Crippen molar-refractivity contribution >= 4 is 5.78 Å². The maximum Gasteiger partial charge on any atom is 0.177 e. The van der Waals surface area contributed by atoms with Crippen LogP contribution in [0.25, 0.3) is 0 Å². The second-order valence-corrected chi connectivity index (χ2v) is 7.22. The number of Topliss-reactive ketones (excluding diaryl/α,β-unsaturated/α-hetero) is 1. The second-order valence-electron chi connectivity index (χ2n) is 7.22. The highest BCUT2D eigenvalue weighted by molar-refractivity contribution is 5.90. The molecule has 0 aromatic heterocycles. The van der Waals surface area contributed by atoms with E-state index in [-0.39, 0.29) is 23.9 Å². The normalized spacial score (nSPS) is 44.5. The molecule has 1 aromatic carbocycles. The van der Waals surface area contributed by atoms with E-state index in [1.807, 2.05) is 6.07 Å². The number of phenols is 1. The summed E-state index contributed by atoms with van der Waals surface area (Å²) >= 11 is 0. The van der Waals surface area contributed by atoms with E-state index in [0.717, 1.165) is 24.0 Å². The molecule has 3 aliphatic carbocycles. The van der Waals surface area contributed by atoms with Crippen molar-refractivity contribution in [3.05, 3.63) is 23.3 Å². The number of aliphatic hydroxyl groups excluding tert-OH is 1. The van der Waals surface area contributed by atoms with Crippen molar-refractivity contribution in [1.82, 2.24) is 0 Å². The summed E-state index contributed by atoms with van der Waals surface area (Å²) in [6.45, 7) is 0. The number of hydrogen-bond acceptors (Lipinski definition) is 5. The Kier molecular flexibility index (Phi) is 2.15. The zero-order valence-electron chi connectivity index (χ0n) is 12.1. The van der Waals surface area contributed by atoms with Gasteiger partial charge in [0.1, 0.15) is 5.60 Å². The smallest absolute Gasteiger partial charge is 0.177 e. The highest BCUT2D eigenvalue weighted by Gasteiger charge is 2.74. The molecule has 0 radical (unpaired) electrons. The SMILES string of the molecule is O=C1CC(O)[C@@]2(O)[C@@H]3CCC[C@@]24c2c(ccc(O)c2OC14)C3. The average Bonchev–Trinajstić information content (AvgIpc) is 2.81. The van der Waals surface area contributed by atoms with E-state index in [4.69, 9.17) is 4.74 Å². The lowest BCUT2D eigenvalue weighted by atomic mass is 9.45. The van der Waals surface area contributed by atoms with Crippen molar-refractivity contribution in [2.24, 2.45) is 5.92 Å². The Morgan fingerprint density at radius 1 is 1.27 bits per heavy atom. The third-order valence-corrected chi connectivity index (χ3v) is 6.47. The molecule has 3 N–H and O–H groups in total. The van der Waals surface area contributed by atoms with Crippen molar-refractivity contribution < 1.29 is 24.9 Å². The van der Waals surface area contributed by atoms with E-state index in [0.29, 0.717) is 18.6 Å². The molecular formula is C17H18O5. The van der Waals surface area contributed by atoms with Crippen molar-refractivity contribution in [2.75, 3.05) is 0 Å². The second kappa shape index (κ2) is 3.66. The van der Waals surface area contributed by atoms with Crippen LogP contribution < -0.4 is 4.74 Å². The van der Waals surface area contributed by atoms with Gasteiger partial charge in [-0.05, 0) is 36.8 Å². The summed E-state index contributed by atoms with van der Waals surface area (Å²) < 4.78 is 5.86. The van der Waals surface area contributed by atoms with Crippen LogP contribution in [0.5, 0.6) is 11.5 Å². The van der Waals surface area contributed by atoms with E-state index in [1.54, 1.807) is 6.07 Å². The fourth-order valence-corrected chi connectivity index (χ4v) is 5.70. The predicted octanol–water partition coefficient (Wildman–Crippen LogP) is 0.812. The van der Waals surface area contributed by atoms with Gasteiger partial charge in [-0.2, -0.15) is 0 Å². The van der Waals surface area contributed by atoms with Gasteiger partial charge >= 0.3 is 0 Å². The first-order valence-corrected chi connectivity index (χ1v) is 7.95. The molecule has 4 aliphatic rings. The zero-order valence-corrected chi connectivity index (χ0v) is 12.1. The molecule has 0 amide bonds. The van der Waals surface area contributed by atoms with Crippen LogP contribution in [0.1, 0.15) is 36.8 Å². The first-order valence-electron chi connectivity index (χ1n) is 7.95. The van der Waals surface area contributed by atoms with E-state index in [9.17, 15) is 20.1 Å². The van der Waals surface area contributed by atoms with Crippen LogP contribution in [0, 0.1) is 5.92 Å². The molecule has 5 atom stereocenters. The molecule has 116 valence electrons. The van der Waals surface area contributed by atoms with E-state index < -0.39 is 23.2 Å². The third-order valence-electron chi connectivity index (χ3n) is 6.47. The Balaban J connectivity index is 1.90. The van der Waals surface area contributed by atoms with Gasteiger partial charge in [0.2, 0.25) is 0 Å². The van der Waals surface area contributed by atoms with Crippen LogP contribution in [-0.2, 0) is 16.6 Å². The van der Waals surface area contributed by atoms with Gasteiger partial charge in [0.05, 0.1) is 11.5 Å². The van der Waals surface area contributed by atoms with Gasteiger partial charge in [-0.3, -0.25) is 4.79 Å². The lowest BCUT2D eigenvalue weighted by Crippen LogP contribution is -2.75. The first kappa shape index (κ1) is 12.9. The quantitative estimate of drug-likeness (QED) is 0.660. The third kappa shape index (κ3) is 1.09. The Bertz CT molecular complexity index is 713.